The molecule has 0 bridgehead atoms. The lowest BCUT2D eigenvalue weighted by Crippen LogP contribution is -2.32. The average Bonchev–Trinajstić information content (AvgIpc) is 2.24. The molecular formula is C14H21ClFN. The van der Waals surface area contributed by atoms with E-state index in [0.29, 0.717) is 23.9 Å². The normalized spacial score (nSPS) is 13.1. The molecule has 1 aromatic rings. The van der Waals surface area contributed by atoms with E-state index in [1.165, 1.54) is 0 Å². The first-order valence-electron chi connectivity index (χ1n) is 6.20. The van der Waals surface area contributed by atoms with E-state index in [2.05, 4.69) is 26.1 Å². The van der Waals surface area contributed by atoms with E-state index in [1.54, 1.807) is 12.1 Å². The molecule has 1 atom stereocenters. The lowest BCUT2D eigenvalue weighted by Gasteiger charge is -2.20. The molecule has 0 aromatic heterocycles. The van der Waals surface area contributed by atoms with Crippen molar-refractivity contribution in [1.82, 2.24) is 5.32 Å². The van der Waals surface area contributed by atoms with Crippen LogP contribution in [0.4, 0.5) is 4.39 Å². The maximum atomic E-state index is 13.8. The molecule has 0 aliphatic rings. The summed E-state index contributed by atoms with van der Waals surface area (Å²) in [7, 11) is 0. The first-order chi connectivity index (χ1) is 8.04. The average molecular weight is 258 g/mol. The van der Waals surface area contributed by atoms with Crippen LogP contribution in [0.3, 0.4) is 0 Å². The van der Waals surface area contributed by atoms with Gasteiger partial charge in [0.05, 0.1) is 5.02 Å². The molecule has 1 aromatic carbocycles. The minimum absolute atomic E-state index is 0.210. The van der Waals surface area contributed by atoms with Crippen LogP contribution in [0, 0.1) is 11.7 Å². The maximum Gasteiger partial charge on any atom is 0.145 e. The van der Waals surface area contributed by atoms with Gasteiger partial charge in [0.15, 0.2) is 0 Å². The second-order valence-corrected chi connectivity index (χ2v) is 5.21. The molecule has 0 spiro atoms. The molecule has 0 aliphatic carbocycles. The van der Waals surface area contributed by atoms with Crippen molar-refractivity contribution in [2.45, 2.75) is 39.7 Å². The number of hydrogen-bond donors (Lipinski definition) is 1. The zero-order chi connectivity index (χ0) is 12.8. The fraction of sp³-hybridized carbons (Fsp3) is 0.571. The quantitative estimate of drug-likeness (QED) is 0.811. The van der Waals surface area contributed by atoms with Crippen molar-refractivity contribution in [3.63, 3.8) is 0 Å². The fourth-order valence-electron chi connectivity index (χ4n) is 2.07. The smallest absolute Gasteiger partial charge is 0.145 e. The Bertz CT molecular complexity index is 352. The Hall–Kier alpha value is -0.600. The molecule has 0 amide bonds. The summed E-state index contributed by atoms with van der Waals surface area (Å²) >= 11 is 5.78. The molecule has 96 valence electrons. The SMILES string of the molecule is CCNC(Cc1cccc(Cl)c1F)CC(C)C. The van der Waals surface area contributed by atoms with Crippen LogP contribution in [0.15, 0.2) is 18.2 Å². The van der Waals surface area contributed by atoms with Crippen LogP contribution >= 0.6 is 11.6 Å². The van der Waals surface area contributed by atoms with Crippen LogP contribution in [-0.4, -0.2) is 12.6 Å². The van der Waals surface area contributed by atoms with Crippen molar-refractivity contribution in [2.75, 3.05) is 6.54 Å². The molecule has 0 heterocycles. The van der Waals surface area contributed by atoms with Crippen molar-refractivity contribution in [1.29, 1.82) is 0 Å². The zero-order valence-corrected chi connectivity index (χ0v) is 11.5. The largest absolute Gasteiger partial charge is 0.314 e. The summed E-state index contributed by atoms with van der Waals surface area (Å²) in [6.45, 7) is 7.33. The van der Waals surface area contributed by atoms with Crippen molar-refractivity contribution in [3.8, 4) is 0 Å². The molecule has 0 fully saturated rings. The topological polar surface area (TPSA) is 12.0 Å². The summed E-state index contributed by atoms with van der Waals surface area (Å²) in [4.78, 5) is 0. The zero-order valence-electron chi connectivity index (χ0n) is 10.8. The summed E-state index contributed by atoms with van der Waals surface area (Å²) in [5.41, 5.74) is 0.698. The predicted molar refractivity (Wildman–Crippen MR) is 72.0 cm³/mol. The highest BCUT2D eigenvalue weighted by Crippen LogP contribution is 2.20. The Morgan fingerprint density at radius 2 is 2.06 bits per heavy atom. The fourth-order valence-corrected chi connectivity index (χ4v) is 2.26. The third-order valence-corrected chi connectivity index (χ3v) is 3.04. The number of likely N-dealkylation sites (N-methyl/N-ethyl adjacent to an activating group) is 1. The van der Waals surface area contributed by atoms with Crippen LogP contribution in [0.2, 0.25) is 5.02 Å². The van der Waals surface area contributed by atoms with Gasteiger partial charge in [-0.05, 0) is 36.9 Å². The lowest BCUT2D eigenvalue weighted by atomic mass is 9.97. The van der Waals surface area contributed by atoms with Gasteiger partial charge in [0.2, 0.25) is 0 Å². The van der Waals surface area contributed by atoms with E-state index in [9.17, 15) is 4.39 Å². The van der Waals surface area contributed by atoms with E-state index in [0.717, 1.165) is 13.0 Å². The molecule has 0 radical (unpaired) electrons. The van der Waals surface area contributed by atoms with E-state index in [-0.39, 0.29) is 10.8 Å². The van der Waals surface area contributed by atoms with Gasteiger partial charge in [0.1, 0.15) is 5.82 Å². The van der Waals surface area contributed by atoms with Gasteiger partial charge in [-0.3, -0.25) is 0 Å². The monoisotopic (exact) mass is 257 g/mol. The third-order valence-electron chi connectivity index (χ3n) is 2.75. The summed E-state index contributed by atoms with van der Waals surface area (Å²) in [6.07, 6.45) is 1.73. The molecule has 1 unspecified atom stereocenters. The van der Waals surface area contributed by atoms with Crippen molar-refractivity contribution in [3.05, 3.63) is 34.6 Å². The Morgan fingerprint density at radius 1 is 1.35 bits per heavy atom. The molecular weight excluding hydrogens is 237 g/mol. The number of rotatable bonds is 6. The Balaban J connectivity index is 2.74. The van der Waals surface area contributed by atoms with Gasteiger partial charge < -0.3 is 5.32 Å². The van der Waals surface area contributed by atoms with Gasteiger partial charge in [-0.2, -0.15) is 0 Å². The second kappa shape index (κ2) is 6.97. The van der Waals surface area contributed by atoms with E-state index in [1.807, 2.05) is 6.07 Å². The van der Waals surface area contributed by atoms with Gasteiger partial charge in [-0.1, -0.05) is 44.5 Å². The van der Waals surface area contributed by atoms with E-state index in [4.69, 9.17) is 11.6 Å². The first kappa shape index (κ1) is 14.5. The van der Waals surface area contributed by atoms with Gasteiger partial charge >= 0.3 is 0 Å². The molecule has 0 saturated heterocycles. The molecule has 1 N–H and O–H groups in total. The van der Waals surface area contributed by atoms with Crippen LogP contribution in [-0.2, 0) is 6.42 Å². The Kier molecular flexibility index (Phi) is 5.93. The van der Waals surface area contributed by atoms with Gasteiger partial charge in [0, 0.05) is 6.04 Å². The highest BCUT2D eigenvalue weighted by Gasteiger charge is 2.14. The summed E-state index contributed by atoms with van der Waals surface area (Å²) in [6, 6.07) is 5.52. The minimum atomic E-state index is -0.277. The standard InChI is InChI=1S/C14H21ClFN/c1-4-17-12(8-10(2)3)9-11-6-5-7-13(15)14(11)16/h5-7,10,12,17H,4,8-9H2,1-3H3. The maximum absolute atomic E-state index is 13.8. The predicted octanol–water partition coefficient (Wildman–Crippen LogP) is 4.05. The summed E-state index contributed by atoms with van der Waals surface area (Å²) in [5, 5.41) is 3.61. The van der Waals surface area contributed by atoms with E-state index >= 15 is 0 Å². The van der Waals surface area contributed by atoms with E-state index < -0.39 is 0 Å². The van der Waals surface area contributed by atoms with Crippen molar-refractivity contribution in [2.24, 2.45) is 5.92 Å². The first-order valence-corrected chi connectivity index (χ1v) is 6.58. The summed E-state index contributed by atoms with van der Waals surface area (Å²) < 4.78 is 13.8. The van der Waals surface area contributed by atoms with Gasteiger partial charge in [-0.25, -0.2) is 4.39 Å². The number of hydrogen-bond acceptors (Lipinski definition) is 1. The van der Waals surface area contributed by atoms with Gasteiger partial charge in [0.25, 0.3) is 0 Å². The second-order valence-electron chi connectivity index (χ2n) is 4.80. The third kappa shape index (κ3) is 4.64. The molecule has 3 heteroatoms. The molecule has 0 saturated carbocycles. The van der Waals surface area contributed by atoms with Crippen LogP contribution in [0.5, 0.6) is 0 Å². The Labute approximate surface area is 108 Å². The number of halogens is 2. The van der Waals surface area contributed by atoms with Crippen LogP contribution in [0.25, 0.3) is 0 Å². The summed E-state index contributed by atoms with van der Waals surface area (Å²) in [5.74, 6) is 0.321. The minimum Gasteiger partial charge on any atom is -0.314 e. The molecule has 1 rings (SSSR count). The highest BCUT2D eigenvalue weighted by atomic mass is 35.5. The lowest BCUT2D eigenvalue weighted by molar-refractivity contribution is 0.418. The Morgan fingerprint density at radius 3 is 2.65 bits per heavy atom. The number of nitrogens with one attached hydrogen (secondary N) is 1. The van der Waals surface area contributed by atoms with Gasteiger partial charge in [-0.15, -0.1) is 0 Å². The molecule has 17 heavy (non-hydrogen) atoms. The molecule has 1 nitrogen and oxygen atoms in total. The number of benzene rings is 1. The van der Waals surface area contributed by atoms with Crippen molar-refractivity contribution < 1.29 is 4.39 Å². The van der Waals surface area contributed by atoms with Crippen LogP contribution < -0.4 is 5.32 Å². The molecule has 0 aliphatic heterocycles. The van der Waals surface area contributed by atoms with Crippen LogP contribution in [0.1, 0.15) is 32.8 Å². The van der Waals surface area contributed by atoms with Crippen molar-refractivity contribution >= 4 is 11.6 Å². The highest BCUT2D eigenvalue weighted by molar-refractivity contribution is 6.30.